The Labute approximate surface area is 133 Å². The van der Waals surface area contributed by atoms with Gasteiger partial charge in [-0.1, -0.05) is 23.7 Å². The molecular formula is C19H24ClO+. The highest BCUT2D eigenvalue weighted by Gasteiger charge is 2.33. The van der Waals surface area contributed by atoms with E-state index in [1.165, 1.54) is 0 Å². The Bertz CT molecular complexity index is 613. The Morgan fingerprint density at radius 1 is 0.762 bits per heavy atom. The van der Waals surface area contributed by atoms with Gasteiger partial charge < -0.3 is 0 Å². The Kier molecular flexibility index (Phi) is 4.17. The van der Waals surface area contributed by atoms with Gasteiger partial charge in [0.25, 0.3) is 0 Å². The molecule has 0 spiro atoms. The van der Waals surface area contributed by atoms with Gasteiger partial charge in [-0.05, 0) is 64.8 Å². The Morgan fingerprint density at radius 3 is 1.71 bits per heavy atom. The van der Waals surface area contributed by atoms with Crippen molar-refractivity contribution in [3.63, 3.8) is 0 Å². The minimum absolute atomic E-state index is 0.0331. The topological polar surface area (TPSA) is 11.3 Å². The summed E-state index contributed by atoms with van der Waals surface area (Å²) < 4.78 is 6.17. The van der Waals surface area contributed by atoms with Gasteiger partial charge in [0, 0.05) is 17.2 Å². The summed E-state index contributed by atoms with van der Waals surface area (Å²) in [5, 5.41) is 0.753. The first-order chi connectivity index (χ1) is 9.57. The molecule has 0 saturated heterocycles. The zero-order chi connectivity index (χ0) is 15.8. The second-order valence-corrected chi connectivity index (χ2v) is 8.02. The van der Waals surface area contributed by atoms with Crippen LogP contribution < -0.4 is 0 Å². The molecule has 0 aliphatic carbocycles. The van der Waals surface area contributed by atoms with Crippen molar-refractivity contribution in [1.82, 2.24) is 0 Å². The molecule has 2 aromatic rings. The average Bonchev–Trinajstić information content (AvgIpc) is 2.36. The monoisotopic (exact) mass is 303 g/mol. The lowest BCUT2D eigenvalue weighted by Gasteiger charge is -2.15. The molecule has 1 nitrogen and oxygen atoms in total. The summed E-state index contributed by atoms with van der Waals surface area (Å²) >= 11 is 6.13. The molecule has 0 aliphatic rings. The fourth-order valence-electron chi connectivity index (χ4n) is 2.08. The van der Waals surface area contributed by atoms with Crippen LogP contribution in [0, 0.1) is 0 Å². The molecule has 21 heavy (non-hydrogen) atoms. The summed E-state index contributed by atoms with van der Waals surface area (Å²) in [5.74, 6) is 1.98. The maximum atomic E-state index is 6.17. The highest BCUT2D eigenvalue weighted by molar-refractivity contribution is 6.30. The summed E-state index contributed by atoms with van der Waals surface area (Å²) in [6, 6.07) is 12.2. The molecule has 112 valence electrons. The average molecular weight is 304 g/mol. The Morgan fingerprint density at radius 2 is 1.29 bits per heavy atom. The van der Waals surface area contributed by atoms with E-state index in [0.717, 1.165) is 27.7 Å². The summed E-state index contributed by atoms with van der Waals surface area (Å²) in [6.45, 7) is 13.0. The Hall–Kier alpha value is -1.34. The van der Waals surface area contributed by atoms with Crippen molar-refractivity contribution in [2.24, 2.45) is 0 Å². The van der Waals surface area contributed by atoms with Crippen molar-refractivity contribution in [1.29, 1.82) is 0 Å². The number of halogens is 1. The van der Waals surface area contributed by atoms with E-state index in [9.17, 15) is 0 Å². The molecular weight excluding hydrogens is 280 g/mol. The third kappa shape index (κ3) is 3.85. The van der Waals surface area contributed by atoms with Crippen LogP contribution in [-0.4, -0.2) is 0 Å². The summed E-state index contributed by atoms with van der Waals surface area (Å²) in [4.78, 5) is 0. The standard InChI is InChI=1S/C19H24ClO/c1-18(2,3)16-11-14(12-17(21-16)19(4,5)6)13-8-7-9-15(20)10-13/h7-12H,1-6H3/q+1. The fourth-order valence-corrected chi connectivity index (χ4v) is 2.27. The van der Waals surface area contributed by atoms with Gasteiger partial charge in [-0.3, -0.25) is 0 Å². The first-order valence-corrected chi connectivity index (χ1v) is 7.70. The SMILES string of the molecule is CC(C)(C)c1cc(-c2cccc(Cl)c2)cc(C(C)(C)C)[o+]1. The Balaban J connectivity index is 2.66. The zero-order valence-electron chi connectivity index (χ0n) is 13.8. The van der Waals surface area contributed by atoms with Crippen LogP contribution in [0.3, 0.4) is 0 Å². The third-order valence-electron chi connectivity index (χ3n) is 3.43. The molecule has 0 atom stereocenters. The van der Waals surface area contributed by atoms with E-state index in [4.69, 9.17) is 16.0 Å². The molecule has 1 heterocycles. The van der Waals surface area contributed by atoms with Gasteiger partial charge in [-0.15, -0.1) is 0 Å². The summed E-state index contributed by atoms with van der Waals surface area (Å²) in [5.41, 5.74) is 2.20. The van der Waals surface area contributed by atoms with Gasteiger partial charge in [0.2, 0.25) is 0 Å². The lowest BCUT2D eigenvalue weighted by atomic mass is 9.87. The smallest absolute Gasteiger partial charge is 0.217 e. The zero-order valence-corrected chi connectivity index (χ0v) is 14.5. The molecule has 0 saturated carbocycles. The van der Waals surface area contributed by atoms with Gasteiger partial charge in [0.15, 0.2) is 0 Å². The fraction of sp³-hybridized carbons (Fsp3) is 0.421. The van der Waals surface area contributed by atoms with Crippen LogP contribution in [-0.2, 0) is 10.8 Å². The maximum Gasteiger partial charge on any atom is 0.335 e. The molecule has 2 heteroatoms. The lowest BCUT2D eigenvalue weighted by molar-refractivity contribution is 0.329. The van der Waals surface area contributed by atoms with Crippen LogP contribution in [0.4, 0.5) is 0 Å². The van der Waals surface area contributed by atoms with E-state index >= 15 is 0 Å². The second kappa shape index (κ2) is 5.46. The minimum Gasteiger partial charge on any atom is -0.217 e. The normalized spacial score (nSPS) is 12.5. The van der Waals surface area contributed by atoms with Crippen molar-refractivity contribution in [3.8, 4) is 11.1 Å². The van der Waals surface area contributed by atoms with E-state index in [1.54, 1.807) is 0 Å². The van der Waals surface area contributed by atoms with E-state index in [0.29, 0.717) is 0 Å². The quantitative estimate of drug-likeness (QED) is 0.549. The predicted octanol–water partition coefficient (Wildman–Crippen LogP) is 6.48. The molecule has 0 aliphatic heterocycles. The van der Waals surface area contributed by atoms with E-state index < -0.39 is 0 Å². The largest absolute Gasteiger partial charge is 0.335 e. The van der Waals surface area contributed by atoms with Crippen LogP contribution in [0.1, 0.15) is 53.1 Å². The van der Waals surface area contributed by atoms with E-state index in [-0.39, 0.29) is 10.8 Å². The lowest BCUT2D eigenvalue weighted by Crippen LogP contribution is -2.16. The van der Waals surface area contributed by atoms with Crippen molar-refractivity contribution in [2.45, 2.75) is 52.4 Å². The second-order valence-electron chi connectivity index (χ2n) is 7.58. The van der Waals surface area contributed by atoms with Crippen LogP contribution in [0.25, 0.3) is 11.1 Å². The van der Waals surface area contributed by atoms with Crippen LogP contribution in [0.2, 0.25) is 5.02 Å². The van der Waals surface area contributed by atoms with Crippen LogP contribution in [0.15, 0.2) is 40.8 Å². The number of hydrogen-bond acceptors (Lipinski definition) is 0. The predicted molar refractivity (Wildman–Crippen MR) is 91.0 cm³/mol. The minimum atomic E-state index is -0.0331. The molecule has 0 fully saturated rings. The molecule has 2 rings (SSSR count). The van der Waals surface area contributed by atoms with Gasteiger partial charge in [0.1, 0.15) is 0 Å². The van der Waals surface area contributed by atoms with Crippen molar-refractivity contribution in [3.05, 3.63) is 52.9 Å². The molecule has 1 aromatic heterocycles. The molecule has 0 unspecified atom stereocenters. The van der Waals surface area contributed by atoms with Crippen LogP contribution >= 0.6 is 11.6 Å². The molecule has 0 amide bonds. The summed E-state index contributed by atoms with van der Waals surface area (Å²) in [7, 11) is 0. The maximum absolute atomic E-state index is 6.17. The first-order valence-electron chi connectivity index (χ1n) is 7.32. The van der Waals surface area contributed by atoms with Crippen molar-refractivity contribution in [2.75, 3.05) is 0 Å². The number of benzene rings is 1. The van der Waals surface area contributed by atoms with Crippen molar-refractivity contribution >= 4 is 11.6 Å². The molecule has 0 bridgehead atoms. The van der Waals surface area contributed by atoms with Gasteiger partial charge >= 0.3 is 11.5 Å². The highest BCUT2D eigenvalue weighted by Crippen LogP contribution is 2.34. The number of rotatable bonds is 1. The molecule has 0 radical (unpaired) electrons. The van der Waals surface area contributed by atoms with Crippen molar-refractivity contribution < 1.29 is 4.42 Å². The van der Waals surface area contributed by atoms with E-state index in [1.807, 2.05) is 18.2 Å². The van der Waals surface area contributed by atoms with Gasteiger partial charge in [-0.25, -0.2) is 4.42 Å². The third-order valence-corrected chi connectivity index (χ3v) is 3.66. The van der Waals surface area contributed by atoms with Crippen LogP contribution in [0.5, 0.6) is 0 Å². The molecule has 1 aromatic carbocycles. The van der Waals surface area contributed by atoms with Gasteiger partial charge in [-0.2, -0.15) is 0 Å². The van der Waals surface area contributed by atoms with Gasteiger partial charge in [0.05, 0.1) is 10.8 Å². The first kappa shape index (κ1) is 16.0. The summed E-state index contributed by atoms with van der Waals surface area (Å²) in [6.07, 6.45) is 0. The van der Waals surface area contributed by atoms with E-state index in [2.05, 4.69) is 59.7 Å². The molecule has 0 N–H and O–H groups in total. The highest BCUT2D eigenvalue weighted by atomic mass is 35.5. The number of hydrogen-bond donors (Lipinski definition) is 0.